The summed E-state index contributed by atoms with van der Waals surface area (Å²) >= 11 is 5.62. The van der Waals surface area contributed by atoms with Crippen LogP contribution in [-0.4, -0.2) is 24.0 Å². The largest absolute Gasteiger partial charge is 0.356 e. The van der Waals surface area contributed by atoms with Crippen molar-refractivity contribution in [2.24, 2.45) is 0 Å². The van der Waals surface area contributed by atoms with Crippen LogP contribution in [0.3, 0.4) is 0 Å². The summed E-state index contributed by atoms with van der Waals surface area (Å²) in [6, 6.07) is 3.22. The van der Waals surface area contributed by atoms with Gasteiger partial charge in [0.25, 0.3) is 5.91 Å². The first-order valence-corrected chi connectivity index (χ1v) is 4.31. The van der Waals surface area contributed by atoms with Crippen molar-refractivity contribution in [3.05, 3.63) is 29.0 Å². The lowest BCUT2D eigenvalue weighted by atomic mass is 10.3. The Bertz CT molecular complexity index is 286. The number of pyridine rings is 1. The van der Waals surface area contributed by atoms with E-state index in [2.05, 4.69) is 16.0 Å². The van der Waals surface area contributed by atoms with Gasteiger partial charge in [0.15, 0.2) is 0 Å². The van der Waals surface area contributed by atoms with E-state index in [1.165, 1.54) is 6.20 Å². The molecule has 0 radical (unpaired) electrons. The zero-order valence-electron chi connectivity index (χ0n) is 7.09. The zero-order valence-corrected chi connectivity index (χ0v) is 7.84. The average Bonchev–Trinajstić information content (AvgIpc) is 2.15. The van der Waals surface area contributed by atoms with E-state index in [-0.39, 0.29) is 5.91 Å². The second kappa shape index (κ2) is 4.79. The van der Waals surface area contributed by atoms with Crippen LogP contribution in [-0.2, 0) is 0 Å². The molecule has 0 bridgehead atoms. The van der Waals surface area contributed by atoms with E-state index in [9.17, 15) is 4.79 Å². The number of quaternary nitrogens is 1. The maximum absolute atomic E-state index is 11.3. The van der Waals surface area contributed by atoms with Crippen molar-refractivity contribution in [1.82, 2.24) is 10.3 Å². The molecule has 0 aliphatic carbocycles. The van der Waals surface area contributed by atoms with Crippen LogP contribution < -0.4 is 11.1 Å². The molecule has 0 saturated carbocycles. The zero-order chi connectivity index (χ0) is 9.68. The van der Waals surface area contributed by atoms with Crippen molar-refractivity contribution >= 4 is 17.5 Å². The number of amides is 1. The molecule has 0 aliphatic heterocycles. The third kappa shape index (κ3) is 3.01. The Kier molecular flexibility index (Phi) is 3.67. The second-order valence-corrected chi connectivity index (χ2v) is 2.91. The molecule has 0 spiro atoms. The number of halogens is 1. The number of carbonyl (C=O) groups excluding carboxylic acids is 1. The van der Waals surface area contributed by atoms with Gasteiger partial charge in [-0.2, -0.15) is 0 Å². The van der Waals surface area contributed by atoms with Gasteiger partial charge < -0.3 is 11.1 Å². The minimum atomic E-state index is -0.194. The van der Waals surface area contributed by atoms with Crippen LogP contribution in [0.2, 0.25) is 5.02 Å². The highest BCUT2D eigenvalue weighted by atomic mass is 35.5. The Balaban J connectivity index is 2.61. The fraction of sp³-hybridized carbons (Fsp3) is 0.250. The van der Waals surface area contributed by atoms with Gasteiger partial charge in [0.1, 0.15) is 5.69 Å². The third-order valence-electron chi connectivity index (χ3n) is 1.42. The highest BCUT2D eigenvalue weighted by molar-refractivity contribution is 6.30. The molecule has 70 valence electrons. The summed E-state index contributed by atoms with van der Waals surface area (Å²) in [5, 5.41) is 3.18. The molecule has 1 heterocycles. The van der Waals surface area contributed by atoms with Crippen molar-refractivity contribution in [1.29, 1.82) is 0 Å². The van der Waals surface area contributed by atoms with Crippen molar-refractivity contribution in [3.63, 3.8) is 0 Å². The Morgan fingerprint density at radius 2 is 2.38 bits per heavy atom. The van der Waals surface area contributed by atoms with Crippen LogP contribution in [0.4, 0.5) is 0 Å². The quantitative estimate of drug-likeness (QED) is 0.704. The molecule has 0 aromatic carbocycles. The Morgan fingerprint density at radius 3 is 2.92 bits per heavy atom. The van der Waals surface area contributed by atoms with Crippen LogP contribution >= 0.6 is 11.6 Å². The number of aromatic nitrogens is 1. The molecule has 0 aliphatic rings. The summed E-state index contributed by atoms with van der Waals surface area (Å²) in [6.45, 7) is 1.22. The van der Waals surface area contributed by atoms with Crippen LogP contribution in [0, 0.1) is 0 Å². The molecule has 1 amide bonds. The summed E-state index contributed by atoms with van der Waals surface area (Å²) in [4.78, 5) is 15.1. The molecule has 0 unspecified atom stereocenters. The van der Waals surface area contributed by atoms with Crippen LogP contribution in [0.5, 0.6) is 0 Å². The molecule has 1 aromatic rings. The topological polar surface area (TPSA) is 69.6 Å². The summed E-state index contributed by atoms with van der Waals surface area (Å²) in [6.07, 6.45) is 1.45. The molecule has 0 atom stereocenters. The highest BCUT2D eigenvalue weighted by Gasteiger charge is 2.04. The number of rotatable bonds is 3. The Hall–Kier alpha value is -1.13. The van der Waals surface area contributed by atoms with Crippen molar-refractivity contribution in [2.45, 2.75) is 0 Å². The number of nitrogens with one attached hydrogen (secondary N) is 1. The van der Waals surface area contributed by atoms with Gasteiger partial charge in [0, 0.05) is 6.20 Å². The SMILES string of the molecule is [NH3+]CCNC(=O)c1ccc(Cl)cn1. The normalized spacial score (nSPS) is 9.69. The summed E-state index contributed by atoms with van der Waals surface area (Å²) < 4.78 is 0. The molecule has 1 rings (SSSR count). The number of hydrogen-bond donors (Lipinski definition) is 2. The summed E-state index contributed by atoms with van der Waals surface area (Å²) in [5.41, 5.74) is 3.98. The number of carbonyl (C=O) groups is 1. The van der Waals surface area contributed by atoms with Gasteiger partial charge >= 0.3 is 0 Å². The van der Waals surface area contributed by atoms with E-state index >= 15 is 0 Å². The van der Waals surface area contributed by atoms with Gasteiger partial charge in [-0.05, 0) is 12.1 Å². The highest BCUT2D eigenvalue weighted by Crippen LogP contribution is 2.05. The second-order valence-electron chi connectivity index (χ2n) is 2.47. The van der Waals surface area contributed by atoms with Gasteiger partial charge in [-0.1, -0.05) is 11.6 Å². The first-order chi connectivity index (χ1) is 6.24. The monoisotopic (exact) mass is 200 g/mol. The molecule has 5 heteroatoms. The molecule has 4 N–H and O–H groups in total. The lowest BCUT2D eigenvalue weighted by molar-refractivity contribution is -0.364. The van der Waals surface area contributed by atoms with E-state index in [0.717, 1.165) is 0 Å². The number of hydrogen-bond acceptors (Lipinski definition) is 2. The summed E-state index contributed by atoms with van der Waals surface area (Å²) in [7, 11) is 0. The molecule has 1 aromatic heterocycles. The van der Waals surface area contributed by atoms with Crippen molar-refractivity contribution in [2.75, 3.05) is 13.1 Å². The maximum atomic E-state index is 11.3. The number of nitrogens with zero attached hydrogens (tertiary/aromatic N) is 1. The Labute approximate surface area is 81.1 Å². The predicted molar refractivity (Wildman–Crippen MR) is 49.3 cm³/mol. The van der Waals surface area contributed by atoms with Crippen molar-refractivity contribution in [3.8, 4) is 0 Å². The summed E-state index contributed by atoms with van der Waals surface area (Å²) in [5.74, 6) is -0.194. The molecule has 4 nitrogen and oxygen atoms in total. The lowest BCUT2D eigenvalue weighted by Gasteiger charge is -2.00. The van der Waals surface area contributed by atoms with Gasteiger partial charge in [-0.15, -0.1) is 0 Å². The Morgan fingerprint density at radius 1 is 1.62 bits per heavy atom. The maximum Gasteiger partial charge on any atom is 0.270 e. The minimum Gasteiger partial charge on any atom is -0.356 e. The fourth-order valence-corrected chi connectivity index (χ4v) is 0.914. The average molecular weight is 201 g/mol. The first-order valence-electron chi connectivity index (χ1n) is 3.93. The third-order valence-corrected chi connectivity index (χ3v) is 1.65. The molecule has 0 saturated heterocycles. The van der Waals surface area contributed by atoms with Gasteiger partial charge in [-0.25, -0.2) is 4.98 Å². The standard InChI is InChI=1S/C8H10ClN3O/c9-6-1-2-7(12-5-6)8(13)11-4-3-10/h1-2,5H,3-4,10H2,(H,11,13)/p+1. The van der Waals surface area contributed by atoms with Gasteiger partial charge in [0.2, 0.25) is 0 Å². The first kappa shape index (κ1) is 9.95. The predicted octanol–water partition coefficient (Wildman–Crippen LogP) is -0.293. The molecular weight excluding hydrogens is 190 g/mol. The van der Waals surface area contributed by atoms with Crippen LogP contribution in [0.15, 0.2) is 18.3 Å². The van der Waals surface area contributed by atoms with E-state index in [0.29, 0.717) is 23.8 Å². The fourth-order valence-electron chi connectivity index (χ4n) is 0.803. The van der Waals surface area contributed by atoms with Crippen LogP contribution in [0.1, 0.15) is 10.5 Å². The molecule has 13 heavy (non-hydrogen) atoms. The van der Waals surface area contributed by atoms with Crippen LogP contribution in [0.25, 0.3) is 0 Å². The molecule has 0 fully saturated rings. The smallest absolute Gasteiger partial charge is 0.270 e. The van der Waals surface area contributed by atoms with E-state index in [1.54, 1.807) is 12.1 Å². The lowest BCUT2D eigenvalue weighted by Crippen LogP contribution is -2.54. The minimum absolute atomic E-state index is 0.194. The van der Waals surface area contributed by atoms with E-state index in [4.69, 9.17) is 11.6 Å². The molecular formula is C8H11ClN3O+. The van der Waals surface area contributed by atoms with Gasteiger partial charge in [-0.3, -0.25) is 4.79 Å². The van der Waals surface area contributed by atoms with Gasteiger partial charge in [0.05, 0.1) is 18.1 Å². The van der Waals surface area contributed by atoms with Crippen molar-refractivity contribution < 1.29 is 10.5 Å². The van der Waals surface area contributed by atoms with E-state index < -0.39 is 0 Å². The van der Waals surface area contributed by atoms with E-state index in [1.807, 2.05) is 0 Å².